The summed E-state index contributed by atoms with van der Waals surface area (Å²) in [6.45, 7) is 20.7. The molecule has 2 heterocycles. The largest absolute Gasteiger partial charge is 0.459 e. The van der Waals surface area contributed by atoms with E-state index in [1.54, 1.807) is 55.6 Å². The van der Waals surface area contributed by atoms with Gasteiger partial charge in [-0.15, -0.1) is 0 Å². The number of rotatable bonds is 18. The molecule has 0 unspecified atom stereocenters. The molecular formula is C49H88N4O13. The van der Waals surface area contributed by atoms with Gasteiger partial charge in [0.1, 0.15) is 23.9 Å². The first-order valence-corrected chi connectivity index (χ1v) is 24.2. The van der Waals surface area contributed by atoms with Crippen molar-refractivity contribution in [2.75, 3.05) is 52.8 Å². The molecule has 2 aliphatic rings. The van der Waals surface area contributed by atoms with Gasteiger partial charge in [0, 0.05) is 56.9 Å². The number of anilines is 1. The second kappa shape index (κ2) is 26.5. The molecule has 2 fully saturated rings. The third-order valence-corrected chi connectivity index (χ3v) is 13.7. The zero-order chi connectivity index (χ0) is 49.7. The van der Waals surface area contributed by atoms with Crippen LogP contribution in [0.1, 0.15) is 114 Å². The number of carbonyl (C=O) groups excluding carboxylic acids is 2. The van der Waals surface area contributed by atoms with Crippen molar-refractivity contribution < 1.29 is 63.5 Å². The third-order valence-electron chi connectivity index (χ3n) is 13.7. The number of likely N-dealkylation sites (N-methyl/N-ethyl adjacent to an activating group) is 1. The van der Waals surface area contributed by atoms with Crippen molar-refractivity contribution >= 4 is 17.7 Å². The zero-order valence-corrected chi connectivity index (χ0v) is 42.4. The maximum absolute atomic E-state index is 14.5. The Labute approximate surface area is 395 Å². The van der Waals surface area contributed by atoms with Crippen molar-refractivity contribution in [3.8, 4) is 0 Å². The van der Waals surface area contributed by atoms with E-state index in [0.29, 0.717) is 38.2 Å². The number of nitrogens with one attached hydrogen (secondary N) is 2. The number of carbonyl (C=O) groups is 2. The van der Waals surface area contributed by atoms with Crippen molar-refractivity contribution in [2.45, 2.75) is 199 Å². The molecule has 2 aliphatic heterocycles. The first-order chi connectivity index (χ1) is 30.9. The number of hydrogen-bond donors (Lipinski definition) is 7. The minimum absolute atomic E-state index is 0.149. The number of amides is 2. The van der Waals surface area contributed by atoms with Crippen LogP contribution in [-0.4, -0.2) is 179 Å². The predicted molar refractivity (Wildman–Crippen MR) is 253 cm³/mol. The highest BCUT2D eigenvalue weighted by molar-refractivity contribution is 5.89. The van der Waals surface area contributed by atoms with Gasteiger partial charge in [0.05, 0.1) is 48.6 Å². The van der Waals surface area contributed by atoms with Crippen LogP contribution < -0.4 is 10.6 Å². The third kappa shape index (κ3) is 16.3. The number of aliphatic hydroxyl groups is 5. The summed E-state index contributed by atoms with van der Waals surface area (Å²) in [4.78, 5) is 31.3. The summed E-state index contributed by atoms with van der Waals surface area (Å²) in [7, 11) is 5.29. The number of nitrogens with zero attached hydrogens (tertiary/aromatic N) is 2. The first kappa shape index (κ1) is 57.8. The Morgan fingerprint density at radius 1 is 1.05 bits per heavy atom. The lowest BCUT2D eigenvalue weighted by Crippen LogP contribution is -2.59. The monoisotopic (exact) mass is 941 g/mol. The van der Waals surface area contributed by atoms with Gasteiger partial charge in [-0.25, -0.2) is 4.79 Å². The van der Waals surface area contributed by atoms with Crippen LogP contribution in [-0.2, 0) is 39.6 Å². The zero-order valence-electron chi connectivity index (χ0n) is 42.4. The molecule has 382 valence electrons. The number of methoxy groups -OCH3 is 1. The van der Waals surface area contributed by atoms with E-state index in [4.69, 9.17) is 28.4 Å². The summed E-state index contributed by atoms with van der Waals surface area (Å²) in [5, 5.41) is 65.0. The lowest BCUT2D eigenvalue weighted by Gasteiger charge is -2.47. The maximum Gasteiger partial charge on any atom is 0.319 e. The molecule has 0 saturated carbocycles. The molecule has 0 radical (unpaired) electrons. The van der Waals surface area contributed by atoms with Crippen LogP contribution in [0.4, 0.5) is 10.5 Å². The highest BCUT2D eigenvalue weighted by atomic mass is 16.7. The fourth-order valence-corrected chi connectivity index (χ4v) is 9.52. The van der Waals surface area contributed by atoms with E-state index >= 15 is 0 Å². The number of hydrogen-bond acceptors (Lipinski definition) is 15. The molecule has 66 heavy (non-hydrogen) atoms. The Morgan fingerprint density at radius 2 is 1.70 bits per heavy atom. The molecule has 17 nitrogen and oxygen atoms in total. The highest BCUT2D eigenvalue weighted by Gasteiger charge is 2.51. The fraction of sp³-hybridized carbons (Fsp3) is 0.837. The van der Waals surface area contributed by atoms with Gasteiger partial charge in [0.15, 0.2) is 12.6 Å². The lowest BCUT2D eigenvalue weighted by molar-refractivity contribution is -0.306. The molecule has 2 amide bonds. The van der Waals surface area contributed by atoms with Gasteiger partial charge in [-0.05, 0) is 118 Å². The Kier molecular flexibility index (Phi) is 23.2. The number of aryl methyl sites for hydroxylation is 1. The van der Waals surface area contributed by atoms with Crippen LogP contribution >= 0.6 is 0 Å². The van der Waals surface area contributed by atoms with E-state index in [2.05, 4.69) is 17.6 Å². The van der Waals surface area contributed by atoms with Crippen LogP contribution in [0.15, 0.2) is 24.3 Å². The Hall–Kier alpha value is -2.52. The summed E-state index contributed by atoms with van der Waals surface area (Å²) < 4.78 is 37.6. The van der Waals surface area contributed by atoms with Gasteiger partial charge >= 0.3 is 12.0 Å². The normalized spacial score (nSPS) is 35.8. The molecule has 17 atom stereocenters. The van der Waals surface area contributed by atoms with Gasteiger partial charge in [-0.1, -0.05) is 39.8 Å². The van der Waals surface area contributed by atoms with E-state index < -0.39 is 90.4 Å². The van der Waals surface area contributed by atoms with Gasteiger partial charge < -0.3 is 69.5 Å². The quantitative estimate of drug-likeness (QED) is 0.0620. The van der Waals surface area contributed by atoms with Crippen molar-refractivity contribution in [3.63, 3.8) is 0 Å². The molecule has 2 saturated heterocycles. The van der Waals surface area contributed by atoms with Crippen LogP contribution in [0.5, 0.6) is 0 Å². The van der Waals surface area contributed by atoms with E-state index in [0.717, 1.165) is 12.0 Å². The molecule has 0 spiro atoms. The minimum atomic E-state index is -1.92. The molecule has 1 aromatic rings. The predicted octanol–water partition coefficient (Wildman–Crippen LogP) is 4.29. The summed E-state index contributed by atoms with van der Waals surface area (Å²) in [6.07, 6.45) is -7.37. The van der Waals surface area contributed by atoms with Gasteiger partial charge in [-0.3, -0.25) is 9.69 Å². The number of urea groups is 1. The van der Waals surface area contributed by atoms with Crippen molar-refractivity contribution in [1.82, 2.24) is 15.1 Å². The molecule has 0 aromatic heterocycles. The van der Waals surface area contributed by atoms with Gasteiger partial charge in [-0.2, -0.15) is 0 Å². The fourth-order valence-electron chi connectivity index (χ4n) is 9.52. The Balaban J connectivity index is 2.09. The number of cyclic esters (lactones) is 1. The average molecular weight is 941 g/mol. The van der Waals surface area contributed by atoms with Crippen LogP contribution in [0.25, 0.3) is 0 Å². The van der Waals surface area contributed by atoms with E-state index in [9.17, 15) is 35.1 Å². The van der Waals surface area contributed by atoms with Crippen molar-refractivity contribution in [1.29, 1.82) is 0 Å². The number of aliphatic hydroxyl groups excluding tert-OH is 3. The van der Waals surface area contributed by atoms with Gasteiger partial charge in [0.25, 0.3) is 0 Å². The smallest absolute Gasteiger partial charge is 0.319 e. The molecule has 0 aliphatic carbocycles. The summed E-state index contributed by atoms with van der Waals surface area (Å²) in [5.74, 6) is -2.88. The van der Waals surface area contributed by atoms with Crippen LogP contribution in [0, 0.1) is 17.8 Å². The van der Waals surface area contributed by atoms with Crippen LogP contribution in [0.3, 0.4) is 0 Å². The first-order valence-electron chi connectivity index (χ1n) is 24.2. The Bertz CT molecular complexity index is 1580. The van der Waals surface area contributed by atoms with Crippen molar-refractivity contribution in [3.05, 3.63) is 29.8 Å². The average Bonchev–Trinajstić information content (AvgIpc) is 3.25. The molecular weight excluding hydrogens is 853 g/mol. The summed E-state index contributed by atoms with van der Waals surface area (Å²) >= 11 is 0. The molecule has 0 bridgehead atoms. The number of benzene rings is 1. The molecule has 7 N–H and O–H groups in total. The van der Waals surface area contributed by atoms with Crippen molar-refractivity contribution in [2.24, 2.45) is 17.8 Å². The SMILES string of the molecule is CCc1ccc(NC(=O)NCCCN2C[C@H](C)C[C@@](C)(O)[C@H](O[C@@H]3O[C@H](C)C[C@H](N(C)C)[C@H]3O)[C@@H](C)[C@H](O[C@@H](CCOC)O[C@@H](C)[C@@H](C)O)[C@@H](C)C(=O)O[C@H](CC)[C@@](C)(O)[C@H](O)[C@H]2C)cc1. The lowest BCUT2D eigenvalue weighted by atomic mass is 9.77. The van der Waals surface area contributed by atoms with Crippen LogP contribution in [0.2, 0.25) is 0 Å². The number of ether oxygens (including phenoxy) is 6. The second-order valence-electron chi connectivity index (χ2n) is 19.9. The maximum atomic E-state index is 14.5. The minimum Gasteiger partial charge on any atom is -0.459 e. The summed E-state index contributed by atoms with van der Waals surface area (Å²) in [6, 6.07) is 6.30. The molecule has 1 aromatic carbocycles. The topological polar surface area (TPSA) is 221 Å². The standard InChI is InChI=1S/C49H88N4O13/c1-15-36-18-20-37(21-19-36)51-47(58)50-23-17-24-53-28-29(3)27-48(10,59)44(66-46-41(55)38(52(12)13)26-30(4)62-46)31(5)42(65-40(22-25-61-14)63-35(9)34(8)54)32(6)45(57)64-39(16-2)49(11,60)43(56)33(53)7/h18-21,29-35,38-44,46,54-56,59-60H,15-17,22-28H2,1-14H3,(H2,50,51,58)/t29-,30-,31+,32-,33-,34-,35+,38+,39-,40+,41-,42+,43-,44-,46+,48-,49-/m1/s1. The summed E-state index contributed by atoms with van der Waals surface area (Å²) in [5.41, 5.74) is -1.74. The highest BCUT2D eigenvalue weighted by Crippen LogP contribution is 2.38. The van der Waals surface area contributed by atoms with E-state index in [1.807, 2.05) is 62.0 Å². The van der Waals surface area contributed by atoms with Gasteiger partial charge in [0.2, 0.25) is 0 Å². The second-order valence-corrected chi connectivity index (χ2v) is 19.9. The van der Waals surface area contributed by atoms with E-state index in [-0.39, 0.29) is 50.0 Å². The molecule has 17 heteroatoms. The Morgan fingerprint density at radius 3 is 2.27 bits per heavy atom. The molecule has 3 rings (SSSR count). The number of esters is 1. The van der Waals surface area contributed by atoms with E-state index in [1.165, 1.54) is 6.92 Å².